The summed E-state index contributed by atoms with van der Waals surface area (Å²) in [5.74, 6) is -3.86. The van der Waals surface area contributed by atoms with Gasteiger partial charge in [-0.3, -0.25) is 4.90 Å². The van der Waals surface area contributed by atoms with Crippen LogP contribution in [0.1, 0.15) is 102 Å². The monoisotopic (exact) mass is 754 g/mol. The van der Waals surface area contributed by atoms with E-state index in [0.29, 0.717) is 38.8 Å². The van der Waals surface area contributed by atoms with Crippen molar-refractivity contribution in [3.8, 4) is 0 Å². The maximum Gasteiger partial charge on any atom is 0.286 e. The summed E-state index contributed by atoms with van der Waals surface area (Å²) >= 11 is 0. The maximum absolute atomic E-state index is 12.5. The van der Waals surface area contributed by atoms with Crippen LogP contribution in [0.5, 0.6) is 0 Å². The molecule has 4 unspecified atom stereocenters. The van der Waals surface area contributed by atoms with Crippen molar-refractivity contribution < 1.29 is 53.6 Å². The largest absolute Gasteiger partial charge is 0.390 e. The fourth-order valence-corrected chi connectivity index (χ4v) is 10.4. The summed E-state index contributed by atoms with van der Waals surface area (Å²) in [7, 11) is 0. The molecule has 0 radical (unpaired) electrons. The van der Waals surface area contributed by atoms with Crippen molar-refractivity contribution in [3.63, 3.8) is 0 Å². The van der Waals surface area contributed by atoms with Gasteiger partial charge < -0.3 is 53.6 Å². The molecule has 5 aliphatic rings. The lowest BCUT2D eigenvalue weighted by atomic mass is 9.74. The Balaban J connectivity index is 1.61. The molecule has 12 nitrogen and oxygen atoms in total. The molecular weight excluding hydrogens is 682 g/mol. The van der Waals surface area contributed by atoms with Crippen LogP contribution in [0.2, 0.25) is 0 Å². The van der Waals surface area contributed by atoms with Gasteiger partial charge in [0, 0.05) is 37.4 Å². The van der Waals surface area contributed by atoms with Crippen LogP contribution in [0.3, 0.4) is 0 Å². The zero-order chi connectivity index (χ0) is 39.4. The van der Waals surface area contributed by atoms with Crippen molar-refractivity contribution in [2.45, 2.75) is 193 Å². The van der Waals surface area contributed by atoms with E-state index in [2.05, 4.69) is 25.0 Å². The highest BCUT2D eigenvalue weighted by Gasteiger charge is 2.64. The topological polar surface area (TPSA) is 149 Å². The summed E-state index contributed by atoms with van der Waals surface area (Å²) in [4.78, 5) is 2.13. The van der Waals surface area contributed by atoms with E-state index in [0.717, 1.165) is 0 Å². The second-order valence-corrected chi connectivity index (χ2v) is 18.2. The van der Waals surface area contributed by atoms with Crippen molar-refractivity contribution >= 4 is 0 Å². The highest BCUT2D eigenvalue weighted by Crippen LogP contribution is 2.52. The van der Waals surface area contributed by atoms with Gasteiger partial charge in [-0.2, -0.15) is 0 Å². The van der Waals surface area contributed by atoms with Gasteiger partial charge in [0.25, 0.3) is 5.97 Å². The average Bonchev–Trinajstić information content (AvgIpc) is 3.39. The van der Waals surface area contributed by atoms with Gasteiger partial charge in [0.05, 0.1) is 60.4 Å². The van der Waals surface area contributed by atoms with Gasteiger partial charge in [0.1, 0.15) is 11.7 Å². The first-order chi connectivity index (χ1) is 24.6. The molecule has 0 spiro atoms. The number of nitrogens with zero attached hydrogens (tertiary/aromatic N) is 1. The molecule has 0 aliphatic carbocycles. The van der Waals surface area contributed by atoms with Crippen molar-refractivity contribution in [1.82, 2.24) is 4.90 Å². The SMILES string of the molecule is C=CCN(CC=C)C1C[C@@H](C)O[C@@H](O[C@@H]2[C@@H](C)[C@H](O[C@H]3CC(C)(C)[C@@H](O)C(C)O3)[C@@H](C)[C@@]3(O)O[C@H]([C@@H](C)C4O[C@@]2(C)C[C@@H]4C)[C@](C)(O)[C@@H](CC)O3)C1O. The Kier molecular flexibility index (Phi) is 13.1. The lowest BCUT2D eigenvalue weighted by Gasteiger charge is -2.55. The molecule has 5 heterocycles. The number of rotatable bonds is 10. The number of aliphatic hydroxyl groups is 4. The minimum absolute atomic E-state index is 0.0179. The summed E-state index contributed by atoms with van der Waals surface area (Å²) in [6.07, 6.45) is -2.04. The minimum Gasteiger partial charge on any atom is -0.390 e. The van der Waals surface area contributed by atoms with Crippen LogP contribution < -0.4 is 0 Å². The average molecular weight is 754 g/mol. The summed E-state index contributed by atoms with van der Waals surface area (Å²) in [5.41, 5.74) is -2.87. The Morgan fingerprint density at radius 2 is 1.49 bits per heavy atom. The molecular formula is C41H71NO11. The maximum atomic E-state index is 12.5. The third-order valence-electron chi connectivity index (χ3n) is 13.3. The number of ether oxygens (including phenoxy) is 7. The number of hydrogen-bond donors (Lipinski definition) is 4. The molecule has 0 amide bonds. The predicted molar refractivity (Wildman–Crippen MR) is 199 cm³/mol. The lowest BCUT2D eigenvalue weighted by molar-refractivity contribution is -0.481. The molecule has 53 heavy (non-hydrogen) atoms. The van der Waals surface area contributed by atoms with E-state index in [1.54, 1.807) is 6.92 Å². The zero-order valence-corrected chi connectivity index (χ0v) is 34.1. The molecule has 4 bridgehead atoms. The molecule has 5 saturated heterocycles. The van der Waals surface area contributed by atoms with Crippen LogP contribution in [0.4, 0.5) is 0 Å². The molecule has 19 atom stereocenters. The summed E-state index contributed by atoms with van der Waals surface area (Å²) in [6, 6.07) is -0.284. The van der Waals surface area contributed by atoms with E-state index < -0.39 is 89.7 Å². The molecule has 5 aliphatic heterocycles. The number of aliphatic hydroxyl groups excluding tert-OH is 2. The highest BCUT2D eigenvalue weighted by molar-refractivity contribution is 5.07. The van der Waals surface area contributed by atoms with Gasteiger partial charge >= 0.3 is 0 Å². The van der Waals surface area contributed by atoms with E-state index >= 15 is 0 Å². The standard InChI is InChI=1S/C41H71NO11/c1-14-17-42(18-15-2)28-19-23(5)47-37(31(28)43)50-35-25(7)33(49-30-21-38(10,11)34(44)27(9)48-30)26(8)41(46)51-29(16-3)40(13,45)36(53-41)24(6)32-22(4)20-39(35,12)52-32/h14-15,22-37,43-46H,1-2,16-21H2,3-13H3/t22-,23+,24-,25-,26+,27?,28?,29+,30-,31?,32?,33-,34-,35+,36+,37-,39-,40+,41-/m0/s1. The molecule has 0 aromatic heterocycles. The molecule has 4 N–H and O–H groups in total. The van der Waals surface area contributed by atoms with Gasteiger partial charge in [0.15, 0.2) is 12.6 Å². The van der Waals surface area contributed by atoms with E-state index in [9.17, 15) is 20.4 Å². The van der Waals surface area contributed by atoms with Crippen molar-refractivity contribution in [3.05, 3.63) is 25.3 Å². The Bertz CT molecular complexity index is 1260. The zero-order valence-electron chi connectivity index (χ0n) is 34.1. The molecule has 5 rings (SSSR count). The van der Waals surface area contributed by atoms with Crippen LogP contribution in [0.15, 0.2) is 25.3 Å². The first-order valence-corrected chi connectivity index (χ1v) is 20.1. The minimum atomic E-state index is -2.16. The normalized spacial score (nSPS) is 51.8. The summed E-state index contributed by atoms with van der Waals surface area (Å²) in [6.45, 7) is 30.4. The van der Waals surface area contributed by atoms with E-state index in [4.69, 9.17) is 33.2 Å². The van der Waals surface area contributed by atoms with Crippen LogP contribution in [0.25, 0.3) is 0 Å². The Hall–Kier alpha value is -1.00. The molecule has 12 heteroatoms. The molecule has 0 aromatic rings. The van der Waals surface area contributed by atoms with Gasteiger partial charge in [0.2, 0.25) is 0 Å². The number of fused-ring (bicyclic) bond motifs is 4. The van der Waals surface area contributed by atoms with Crippen LogP contribution in [0, 0.1) is 29.1 Å². The van der Waals surface area contributed by atoms with E-state index in [-0.39, 0.29) is 30.1 Å². The predicted octanol–water partition coefficient (Wildman–Crippen LogP) is 4.51. The molecule has 0 saturated carbocycles. The van der Waals surface area contributed by atoms with Gasteiger partial charge in [-0.05, 0) is 58.3 Å². The van der Waals surface area contributed by atoms with Gasteiger partial charge in [-0.1, -0.05) is 60.6 Å². The Morgan fingerprint density at radius 3 is 2.08 bits per heavy atom. The fourth-order valence-electron chi connectivity index (χ4n) is 10.4. The quantitative estimate of drug-likeness (QED) is 0.233. The van der Waals surface area contributed by atoms with Crippen LogP contribution >= 0.6 is 0 Å². The molecule has 5 fully saturated rings. The Morgan fingerprint density at radius 1 is 0.849 bits per heavy atom. The van der Waals surface area contributed by atoms with Crippen LogP contribution in [-0.2, 0) is 33.2 Å². The van der Waals surface area contributed by atoms with Gasteiger partial charge in [-0.25, -0.2) is 0 Å². The van der Waals surface area contributed by atoms with Crippen molar-refractivity contribution in [1.29, 1.82) is 0 Å². The third-order valence-corrected chi connectivity index (χ3v) is 13.3. The van der Waals surface area contributed by atoms with Crippen molar-refractivity contribution in [2.24, 2.45) is 29.1 Å². The van der Waals surface area contributed by atoms with E-state index in [1.807, 2.05) is 74.5 Å². The molecule has 306 valence electrons. The van der Waals surface area contributed by atoms with E-state index in [1.165, 1.54) is 0 Å². The summed E-state index contributed by atoms with van der Waals surface area (Å²) in [5, 5.41) is 47.5. The lowest BCUT2D eigenvalue weighted by Crippen LogP contribution is -2.69. The second kappa shape index (κ2) is 16.1. The molecule has 0 aromatic carbocycles. The van der Waals surface area contributed by atoms with Crippen molar-refractivity contribution in [2.75, 3.05) is 13.1 Å². The van der Waals surface area contributed by atoms with Gasteiger partial charge in [-0.15, -0.1) is 13.2 Å². The smallest absolute Gasteiger partial charge is 0.286 e. The first kappa shape index (κ1) is 43.1. The highest BCUT2D eigenvalue weighted by atomic mass is 16.8. The second-order valence-electron chi connectivity index (χ2n) is 18.2. The third kappa shape index (κ3) is 8.23. The first-order valence-electron chi connectivity index (χ1n) is 20.1. The fraction of sp³-hybridized carbons (Fsp3) is 0.902. The number of hydrogen-bond acceptors (Lipinski definition) is 12. The van der Waals surface area contributed by atoms with Crippen LogP contribution in [-0.4, -0.2) is 129 Å². The summed E-state index contributed by atoms with van der Waals surface area (Å²) < 4.78 is 46.8. The Labute approximate surface area is 318 Å².